The van der Waals surface area contributed by atoms with Crippen LogP contribution in [0, 0.1) is 6.92 Å². The van der Waals surface area contributed by atoms with Crippen molar-refractivity contribution in [2.24, 2.45) is 0 Å². The van der Waals surface area contributed by atoms with Gasteiger partial charge in [0.25, 0.3) is 0 Å². The molecule has 1 heterocycles. The van der Waals surface area contributed by atoms with Crippen molar-refractivity contribution in [3.63, 3.8) is 0 Å². The summed E-state index contributed by atoms with van der Waals surface area (Å²) in [4.78, 5) is 14.7. The molecule has 0 radical (unpaired) electrons. The number of rotatable bonds is 8. The zero-order valence-electron chi connectivity index (χ0n) is 19.6. The third-order valence-electron chi connectivity index (χ3n) is 5.04. The van der Waals surface area contributed by atoms with Gasteiger partial charge in [0.05, 0.1) is 30.6 Å². The molecule has 0 aliphatic rings. The highest BCUT2D eigenvalue weighted by Gasteiger charge is 2.25. The van der Waals surface area contributed by atoms with Crippen LogP contribution in [0.4, 0.5) is 4.79 Å². The molecule has 170 valence electrons. The Kier molecular flexibility index (Phi) is 7.41. The van der Waals surface area contributed by atoms with E-state index in [0.717, 1.165) is 22.7 Å². The summed E-state index contributed by atoms with van der Waals surface area (Å²) < 4.78 is 13.4. The summed E-state index contributed by atoms with van der Waals surface area (Å²) in [6.07, 6.45) is 0. The monoisotopic (exact) mass is 436 g/mol. The number of nitrogens with zero attached hydrogens (tertiary/aromatic N) is 3. The molecule has 0 spiro atoms. The Labute approximate surface area is 190 Å². The Morgan fingerprint density at radius 1 is 1.03 bits per heavy atom. The maximum absolute atomic E-state index is 12.9. The number of urea groups is 1. The molecule has 1 aromatic heterocycles. The predicted octanol–water partition coefficient (Wildman–Crippen LogP) is 5.31. The molecule has 1 N–H and O–H groups in total. The first-order valence-electron chi connectivity index (χ1n) is 10.8. The number of carbonyl (C=O) groups excluding carboxylic acids is 1. The Hall–Kier alpha value is -3.48. The van der Waals surface area contributed by atoms with Crippen LogP contribution in [-0.2, 0) is 6.54 Å². The molecule has 0 aliphatic heterocycles. The molecular formula is C25H32N4O3. The number of methoxy groups -OCH3 is 1. The normalized spacial score (nSPS) is 11.0. The van der Waals surface area contributed by atoms with E-state index in [-0.39, 0.29) is 18.1 Å². The fourth-order valence-corrected chi connectivity index (χ4v) is 3.31. The SMILES string of the molecule is COc1ccc(Oc2c(CN(C(=O)NC(C)C)C(C)C)c(C)nn2-c2ccccc2)cc1. The molecule has 0 fully saturated rings. The van der Waals surface area contributed by atoms with Gasteiger partial charge in [-0.05, 0) is 71.0 Å². The van der Waals surface area contributed by atoms with Gasteiger partial charge in [0.15, 0.2) is 0 Å². The largest absolute Gasteiger partial charge is 0.497 e. The highest BCUT2D eigenvalue weighted by Crippen LogP contribution is 2.32. The third kappa shape index (κ3) is 5.41. The summed E-state index contributed by atoms with van der Waals surface area (Å²) >= 11 is 0. The van der Waals surface area contributed by atoms with Gasteiger partial charge in [-0.25, -0.2) is 9.48 Å². The van der Waals surface area contributed by atoms with Gasteiger partial charge in [-0.3, -0.25) is 0 Å². The summed E-state index contributed by atoms with van der Waals surface area (Å²) in [5.41, 5.74) is 2.55. The van der Waals surface area contributed by atoms with Crippen molar-refractivity contribution >= 4 is 6.03 Å². The third-order valence-corrected chi connectivity index (χ3v) is 5.04. The minimum absolute atomic E-state index is 0.00191. The van der Waals surface area contributed by atoms with E-state index in [2.05, 4.69) is 5.32 Å². The number of ether oxygens (including phenoxy) is 2. The van der Waals surface area contributed by atoms with Crippen LogP contribution in [0.5, 0.6) is 17.4 Å². The molecule has 2 aromatic carbocycles. The van der Waals surface area contributed by atoms with Crippen molar-refractivity contribution in [1.29, 1.82) is 0 Å². The molecule has 3 rings (SSSR count). The van der Waals surface area contributed by atoms with Crippen molar-refractivity contribution < 1.29 is 14.3 Å². The van der Waals surface area contributed by atoms with Crippen LogP contribution in [0.3, 0.4) is 0 Å². The first-order valence-corrected chi connectivity index (χ1v) is 10.8. The zero-order valence-corrected chi connectivity index (χ0v) is 19.6. The number of hydrogen-bond donors (Lipinski definition) is 1. The quantitative estimate of drug-likeness (QED) is 0.520. The molecule has 0 saturated heterocycles. The molecule has 0 atom stereocenters. The lowest BCUT2D eigenvalue weighted by Crippen LogP contribution is -2.45. The first kappa shape index (κ1) is 23.2. The number of hydrogen-bond acceptors (Lipinski definition) is 4. The van der Waals surface area contributed by atoms with Crippen LogP contribution in [0.25, 0.3) is 5.69 Å². The summed E-state index contributed by atoms with van der Waals surface area (Å²) in [6, 6.07) is 17.2. The maximum atomic E-state index is 12.9. The number of aromatic nitrogens is 2. The Bertz CT molecular complexity index is 1030. The summed E-state index contributed by atoms with van der Waals surface area (Å²) in [5, 5.41) is 7.74. The maximum Gasteiger partial charge on any atom is 0.318 e. The highest BCUT2D eigenvalue weighted by molar-refractivity contribution is 5.75. The summed E-state index contributed by atoms with van der Waals surface area (Å²) in [6.45, 7) is 10.2. The smallest absolute Gasteiger partial charge is 0.318 e. The minimum atomic E-state index is -0.114. The number of para-hydroxylation sites is 1. The second-order valence-corrected chi connectivity index (χ2v) is 8.22. The standard InChI is InChI=1S/C25H32N4O3/c1-17(2)26-25(30)28(18(3)4)16-23-19(5)27-29(20-10-8-7-9-11-20)24(23)32-22-14-12-21(31-6)13-15-22/h7-15,17-18H,16H2,1-6H3,(H,26,30). The number of benzene rings is 2. The number of carbonyl (C=O) groups is 1. The molecule has 7 heteroatoms. The zero-order chi connectivity index (χ0) is 23.3. The molecule has 0 unspecified atom stereocenters. The number of aryl methyl sites for hydroxylation is 1. The van der Waals surface area contributed by atoms with Gasteiger partial charge in [-0.1, -0.05) is 18.2 Å². The van der Waals surface area contributed by atoms with Gasteiger partial charge >= 0.3 is 6.03 Å². The van der Waals surface area contributed by atoms with E-state index in [4.69, 9.17) is 14.6 Å². The van der Waals surface area contributed by atoms with Gasteiger partial charge in [0.2, 0.25) is 5.88 Å². The van der Waals surface area contributed by atoms with Gasteiger partial charge in [-0.2, -0.15) is 5.10 Å². The average Bonchev–Trinajstić information content (AvgIpc) is 3.07. The van der Waals surface area contributed by atoms with Gasteiger partial charge < -0.3 is 19.7 Å². The van der Waals surface area contributed by atoms with Gasteiger partial charge in [0.1, 0.15) is 11.5 Å². The van der Waals surface area contributed by atoms with Gasteiger partial charge in [-0.15, -0.1) is 0 Å². The lowest BCUT2D eigenvalue weighted by molar-refractivity contribution is 0.176. The molecule has 32 heavy (non-hydrogen) atoms. The molecule has 0 bridgehead atoms. The number of nitrogens with one attached hydrogen (secondary N) is 1. The summed E-state index contributed by atoms with van der Waals surface area (Å²) in [5.74, 6) is 2.00. The molecule has 0 saturated carbocycles. The fraction of sp³-hybridized carbons (Fsp3) is 0.360. The van der Waals surface area contributed by atoms with Crippen molar-refractivity contribution in [3.8, 4) is 23.1 Å². The molecule has 7 nitrogen and oxygen atoms in total. The minimum Gasteiger partial charge on any atom is -0.497 e. The van der Waals surface area contributed by atoms with Crippen LogP contribution < -0.4 is 14.8 Å². The van der Waals surface area contributed by atoms with E-state index < -0.39 is 0 Å². The lowest BCUT2D eigenvalue weighted by Gasteiger charge is -2.28. The van der Waals surface area contributed by atoms with Crippen molar-refractivity contribution in [2.45, 2.75) is 53.2 Å². The average molecular weight is 437 g/mol. The van der Waals surface area contributed by atoms with Crippen molar-refractivity contribution in [2.75, 3.05) is 7.11 Å². The van der Waals surface area contributed by atoms with Crippen LogP contribution in [0.1, 0.15) is 39.0 Å². The second kappa shape index (κ2) is 10.2. The first-order chi connectivity index (χ1) is 15.3. The van der Waals surface area contributed by atoms with E-state index in [1.807, 2.05) is 89.2 Å². The van der Waals surface area contributed by atoms with E-state index in [9.17, 15) is 4.79 Å². The molecular weight excluding hydrogens is 404 g/mol. The Morgan fingerprint density at radius 2 is 1.66 bits per heavy atom. The Balaban J connectivity index is 2.04. The fourth-order valence-electron chi connectivity index (χ4n) is 3.31. The van der Waals surface area contributed by atoms with Crippen molar-refractivity contribution in [1.82, 2.24) is 20.0 Å². The highest BCUT2D eigenvalue weighted by atomic mass is 16.5. The van der Waals surface area contributed by atoms with E-state index in [1.165, 1.54) is 0 Å². The molecule has 0 aliphatic carbocycles. The van der Waals surface area contributed by atoms with E-state index in [1.54, 1.807) is 16.7 Å². The van der Waals surface area contributed by atoms with Crippen LogP contribution >= 0.6 is 0 Å². The van der Waals surface area contributed by atoms with E-state index in [0.29, 0.717) is 18.2 Å². The molecule has 3 aromatic rings. The van der Waals surface area contributed by atoms with E-state index >= 15 is 0 Å². The van der Waals surface area contributed by atoms with Gasteiger partial charge in [0, 0.05) is 12.1 Å². The lowest BCUT2D eigenvalue weighted by atomic mass is 10.2. The number of amides is 2. The summed E-state index contributed by atoms with van der Waals surface area (Å²) in [7, 11) is 1.63. The Morgan fingerprint density at radius 3 is 2.22 bits per heavy atom. The van der Waals surface area contributed by atoms with Crippen LogP contribution in [0.15, 0.2) is 54.6 Å². The second-order valence-electron chi connectivity index (χ2n) is 8.22. The van der Waals surface area contributed by atoms with Crippen molar-refractivity contribution in [3.05, 3.63) is 65.9 Å². The molecule has 2 amide bonds. The topological polar surface area (TPSA) is 68.6 Å². The predicted molar refractivity (Wildman–Crippen MR) is 126 cm³/mol. The van der Waals surface area contributed by atoms with Crippen LogP contribution in [-0.4, -0.2) is 39.9 Å². The van der Waals surface area contributed by atoms with Crippen LogP contribution in [0.2, 0.25) is 0 Å².